The normalized spacial score (nSPS) is 24.8. The molecule has 1 aliphatic rings. The summed E-state index contributed by atoms with van der Waals surface area (Å²) in [6.07, 6.45) is 1.01. The molecule has 0 aromatic rings. The van der Waals surface area contributed by atoms with Crippen molar-refractivity contribution in [2.45, 2.75) is 31.8 Å². The maximum Gasteiger partial charge on any atom is 0.407 e. The standard InChI is InChI=1S/C7H14N2O2.ClH/c1-5(8)6-3-2-4-9(6)7(10)11;/h5-6H,2-4,8H2,1H3,(H,10,11);1H/t5-,6?;/m0./s1. The molecular weight excluding hydrogens is 180 g/mol. The first kappa shape index (κ1) is 11.5. The zero-order chi connectivity index (χ0) is 8.43. The summed E-state index contributed by atoms with van der Waals surface area (Å²) in [5, 5.41) is 8.70. The van der Waals surface area contributed by atoms with E-state index in [1.165, 1.54) is 4.90 Å². The number of nitrogens with zero attached hydrogens (tertiary/aromatic N) is 1. The highest BCUT2D eigenvalue weighted by Gasteiger charge is 2.30. The van der Waals surface area contributed by atoms with Crippen LogP contribution in [0.1, 0.15) is 19.8 Å². The molecule has 4 nitrogen and oxygen atoms in total. The first-order valence-electron chi connectivity index (χ1n) is 3.88. The summed E-state index contributed by atoms with van der Waals surface area (Å²) in [6.45, 7) is 2.49. The predicted molar refractivity (Wildman–Crippen MR) is 48.7 cm³/mol. The zero-order valence-corrected chi connectivity index (χ0v) is 7.88. The molecule has 1 rings (SSSR count). The molecule has 1 fully saturated rings. The number of nitrogens with two attached hydrogens (primary N) is 1. The second-order valence-electron chi connectivity index (χ2n) is 3.04. The number of amides is 1. The first-order valence-corrected chi connectivity index (χ1v) is 3.88. The predicted octanol–water partition coefficient (Wildman–Crippen LogP) is 0.898. The van der Waals surface area contributed by atoms with Gasteiger partial charge in [0.1, 0.15) is 0 Å². The highest BCUT2D eigenvalue weighted by atomic mass is 35.5. The van der Waals surface area contributed by atoms with E-state index < -0.39 is 6.09 Å². The Hall–Kier alpha value is -0.480. The van der Waals surface area contributed by atoms with Crippen LogP contribution >= 0.6 is 12.4 Å². The molecule has 1 unspecified atom stereocenters. The van der Waals surface area contributed by atoms with E-state index in [1.807, 2.05) is 6.92 Å². The van der Waals surface area contributed by atoms with Crippen molar-refractivity contribution >= 4 is 18.5 Å². The summed E-state index contributed by atoms with van der Waals surface area (Å²) in [5.74, 6) is 0. The van der Waals surface area contributed by atoms with Gasteiger partial charge in [-0.05, 0) is 19.8 Å². The molecule has 0 bridgehead atoms. The van der Waals surface area contributed by atoms with Crippen LogP contribution < -0.4 is 5.73 Å². The fourth-order valence-corrected chi connectivity index (χ4v) is 1.58. The van der Waals surface area contributed by atoms with Gasteiger partial charge in [-0.1, -0.05) is 0 Å². The Balaban J connectivity index is 0.00000121. The highest BCUT2D eigenvalue weighted by molar-refractivity contribution is 5.85. The van der Waals surface area contributed by atoms with E-state index in [0.717, 1.165) is 12.8 Å². The summed E-state index contributed by atoms with van der Waals surface area (Å²) in [4.78, 5) is 12.0. The number of rotatable bonds is 1. The minimum Gasteiger partial charge on any atom is -0.465 e. The summed E-state index contributed by atoms with van der Waals surface area (Å²) in [6, 6.07) is -0.0129. The van der Waals surface area contributed by atoms with E-state index in [9.17, 15) is 4.79 Å². The van der Waals surface area contributed by atoms with Crippen LogP contribution in [-0.2, 0) is 0 Å². The van der Waals surface area contributed by atoms with Crippen molar-refractivity contribution in [2.75, 3.05) is 6.54 Å². The van der Waals surface area contributed by atoms with Gasteiger partial charge < -0.3 is 15.7 Å². The van der Waals surface area contributed by atoms with Gasteiger partial charge >= 0.3 is 6.09 Å². The van der Waals surface area contributed by atoms with Crippen molar-refractivity contribution < 1.29 is 9.90 Å². The fraction of sp³-hybridized carbons (Fsp3) is 0.857. The quantitative estimate of drug-likeness (QED) is 0.652. The number of carbonyl (C=O) groups is 1. The average molecular weight is 195 g/mol. The van der Waals surface area contributed by atoms with Gasteiger partial charge in [0.2, 0.25) is 0 Å². The number of carboxylic acid groups (broad SMARTS) is 1. The third-order valence-electron chi connectivity index (χ3n) is 2.15. The highest BCUT2D eigenvalue weighted by Crippen LogP contribution is 2.18. The van der Waals surface area contributed by atoms with Gasteiger partial charge in [0, 0.05) is 18.6 Å². The van der Waals surface area contributed by atoms with Crippen molar-refractivity contribution in [3.63, 3.8) is 0 Å². The fourth-order valence-electron chi connectivity index (χ4n) is 1.58. The Morgan fingerprint density at radius 2 is 2.33 bits per heavy atom. The Kier molecular flexibility index (Phi) is 4.34. The molecule has 5 heteroatoms. The molecule has 0 aliphatic carbocycles. The van der Waals surface area contributed by atoms with E-state index in [2.05, 4.69) is 0 Å². The molecule has 0 saturated carbocycles. The van der Waals surface area contributed by atoms with E-state index in [4.69, 9.17) is 10.8 Å². The van der Waals surface area contributed by atoms with Crippen molar-refractivity contribution in [2.24, 2.45) is 5.73 Å². The van der Waals surface area contributed by atoms with Crippen LogP contribution in [0.25, 0.3) is 0 Å². The smallest absolute Gasteiger partial charge is 0.407 e. The number of hydrogen-bond donors (Lipinski definition) is 2. The van der Waals surface area contributed by atoms with E-state index in [1.54, 1.807) is 0 Å². The summed E-state index contributed by atoms with van der Waals surface area (Å²) >= 11 is 0. The molecule has 72 valence electrons. The molecule has 1 amide bonds. The van der Waals surface area contributed by atoms with E-state index >= 15 is 0 Å². The molecule has 3 N–H and O–H groups in total. The van der Waals surface area contributed by atoms with Crippen LogP contribution in [0, 0.1) is 0 Å². The van der Waals surface area contributed by atoms with E-state index in [-0.39, 0.29) is 24.5 Å². The topological polar surface area (TPSA) is 66.6 Å². The maximum atomic E-state index is 10.6. The van der Waals surface area contributed by atoms with Crippen molar-refractivity contribution in [1.29, 1.82) is 0 Å². The average Bonchev–Trinajstić information content (AvgIpc) is 2.32. The Morgan fingerprint density at radius 1 is 1.75 bits per heavy atom. The maximum absolute atomic E-state index is 10.6. The lowest BCUT2D eigenvalue weighted by Crippen LogP contribution is -2.44. The minimum absolute atomic E-state index is 0. The lowest BCUT2D eigenvalue weighted by atomic mass is 10.1. The largest absolute Gasteiger partial charge is 0.465 e. The Morgan fingerprint density at radius 3 is 2.67 bits per heavy atom. The number of halogens is 1. The molecule has 1 aliphatic heterocycles. The monoisotopic (exact) mass is 194 g/mol. The van der Waals surface area contributed by atoms with Crippen LogP contribution in [-0.4, -0.2) is 34.7 Å². The van der Waals surface area contributed by atoms with Crippen LogP contribution in [0.5, 0.6) is 0 Å². The van der Waals surface area contributed by atoms with Crippen molar-refractivity contribution in [3.05, 3.63) is 0 Å². The molecule has 0 aromatic carbocycles. The van der Waals surface area contributed by atoms with Crippen LogP contribution in [0.2, 0.25) is 0 Å². The summed E-state index contributed by atoms with van der Waals surface area (Å²) < 4.78 is 0. The molecule has 1 heterocycles. The van der Waals surface area contributed by atoms with Crippen LogP contribution in [0.4, 0.5) is 4.79 Å². The first-order chi connectivity index (χ1) is 5.13. The molecule has 2 atom stereocenters. The van der Waals surface area contributed by atoms with Crippen LogP contribution in [0.15, 0.2) is 0 Å². The molecule has 0 spiro atoms. The number of likely N-dealkylation sites (tertiary alicyclic amines) is 1. The Labute approximate surface area is 78.1 Å². The lowest BCUT2D eigenvalue weighted by Gasteiger charge is -2.24. The summed E-state index contributed by atoms with van der Waals surface area (Å²) in [7, 11) is 0. The molecular formula is C7H15ClN2O2. The lowest BCUT2D eigenvalue weighted by molar-refractivity contribution is 0.135. The van der Waals surface area contributed by atoms with Crippen molar-refractivity contribution in [3.8, 4) is 0 Å². The molecule has 0 radical (unpaired) electrons. The molecule has 1 saturated heterocycles. The van der Waals surface area contributed by atoms with Gasteiger partial charge in [-0.3, -0.25) is 0 Å². The van der Waals surface area contributed by atoms with Gasteiger partial charge in [-0.15, -0.1) is 12.4 Å². The van der Waals surface area contributed by atoms with Gasteiger partial charge in [0.05, 0.1) is 0 Å². The van der Waals surface area contributed by atoms with Gasteiger partial charge in [0.15, 0.2) is 0 Å². The molecule has 0 aromatic heterocycles. The Bertz CT molecular complexity index is 163. The third kappa shape index (κ3) is 2.25. The second-order valence-corrected chi connectivity index (χ2v) is 3.04. The minimum atomic E-state index is -0.843. The molecule has 12 heavy (non-hydrogen) atoms. The third-order valence-corrected chi connectivity index (χ3v) is 2.15. The van der Waals surface area contributed by atoms with Gasteiger partial charge in [-0.25, -0.2) is 4.79 Å². The van der Waals surface area contributed by atoms with Gasteiger partial charge in [-0.2, -0.15) is 0 Å². The zero-order valence-electron chi connectivity index (χ0n) is 7.06. The van der Waals surface area contributed by atoms with Crippen molar-refractivity contribution in [1.82, 2.24) is 4.90 Å². The second kappa shape index (κ2) is 4.52. The van der Waals surface area contributed by atoms with Gasteiger partial charge in [0.25, 0.3) is 0 Å². The SMILES string of the molecule is C[C@H](N)C1CCCN1C(=O)O.Cl. The number of hydrogen-bond acceptors (Lipinski definition) is 2. The van der Waals surface area contributed by atoms with E-state index in [0.29, 0.717) is 6.54 Å². The summed E-state index contributed by atoms with van der Waals surface area (Å²) in [5.41, 5.74) is 5.62. The van der Waals surface area contributed by atoms with Crippen LogP contribution in [0.3, 0.4) is 0 Å².